The predicted molar refractivity (Wildman–Crippen MR) is 76.0 cm³/mol. The van der Waals surface area contributed by atoms with Crippen molar-refractivity contribution in [3.05, 3.63) is 0 Å². The molecule has 19 heavy (non-hydrogen) atoms. The van der Waals surface area contributed by atoms with Crippen LogP contribution < -0.4 is 11.1 Å². The van der Waals surface area contributed by atoms with Crippen molar-refractivity contribution in [1.82, 2.24) is 5.32 Å². The minimum atomic E-state index is -1.09. The lowest BCUT2D eigenvalue weighted by atomic mass is 10.1. The Morgan fingerprint density at radius 2 is 2.05 bits per heavy atom. The van der Waals surface area contributed by atoms with Crippen molar-refractivity contribution in [2.24, 2.45) is 11.7 Å². The first kappa shape index (κ1) is 18.2. The second kappa shape index (κ2) is 10.1. The average molecular weight is 292 g/mol. The molecule has 0 aliphatic heterocycles. The Hall–Kier alpha value is -0.790. The number of hydrogen-bond donors (Lipinski definition) is 4. The molecule has 0 aliphatic rings. The summed E-state index contributed by atoms with van der Waals surface area (Å²) in [5, 5.41) is 20.1. The van der Waals surface area contributed by atoms with Crippen LogP contribution in [0.2, 0.25) is 0 Å². The van der Waals surface area contributed by atoms with Crippen LogP contribution in [0.4, 0.5) is 0 Å². The molecule has 0 aromatic carbocycles. The van der Waals surface area contributed by atoms with Crippen molar-refractivity contribution < 1.29 is 19.8 Å². The third-order valence-electron chi connectivity index (χ3n) is 2.74. The number of rotatable bonds is 10. The molecule has 0 bridgehead atoms. The standard InChI is InChI=1S/C12H24N2O4S/c1-3-4-10(8(2)6-15)19-7-9(13)12(18)14-5-11(16)17/h8-10,15H,3-7,13H2,1-2H3,(H,14,18)(H,16,17). The smallest absolute Gasteiger partial charge is 0.322 e. The van der Waals surface area contributed by atoms with Gasteiger partial charge in [0.25, 0.3) is 0 Å². The quantitative estimate of drug-likeness (QED) is 0.452. The van der Waals surface area contributed by atoms with Gasteiger partial charge >= 0.3 is 5.97 Å². The average Bonchev–Trinajstić information content (AvgIpc) is 2.39. The topological polar surface area (TPSA) is 113 Å². The van der Waals surface area contributed by atoms with E-state index in [9.17, 15) is 9.59 Å². The third-order valence-corrected chi connectivity index (χ3v) is 4.42. The summed E-state index contributed by atoms with van der Waals surface area (Å²) in [5.74, 6) is -0.979. The van der Waals surface area contributed by atoms with E-state index < -0.39 is 24.5 Å². The molecule has 7 heteroatoms. The van der Waals surface area contributed by atoms with E-state index in [1.54, 1.807) is 11.8 Å². The van der Waals surface area contributed by atoms with Crippen LogP contribution in [0.5, 0.6) is 0 Å². The number of carbonyl (C=O) groups excluding carboxylic acids is 1. The van der Waals surface area contributed by atoms with Gasteiger partial charge in [0.05, 0.1) is 6.04 Å². The van der Waals surface area contributed by atoms with E-state index in [0.29, 0.717) is 5.75 Å². The van der Waals surface area contributed by atoms with E-state index in [2.05, 4.69) is 12.2 Å². The van der Waals surface area contributed by atoms with E-state index in [1.807, 2.05) is 6.92 Å². The van der Waals surface area contributed by atoms with Gasteiger partial charge in [-0.25, -0.2) is 0 Å². The van der Waals surface area contributed by atoms with E-state index >= 15 is 0 Å². The van der Waals surface area contributed by atoms with Gasteiger partial charge in [-0.05, 0) is 12.3 Å². The van der Waals surface area contributed by atoms with Crippen molar-refractivity contribution in [1.29, 1.82) is 0 Å². The number of carboxylic acids is 1. The zero-order chi connectivity index (χ0) is 14.8. The molecule has 3 atom stereocenters. The number of carboxylic acid groups (broad SMARTS) is 1. The van der Waals surface area contributed by atoms with E-state index in [-0.39, 0.29) is 17.8 Å². The molecule has 3 unspecified atom stereocenters. The number of nitrogens with two attached hydrogens (primary N) is 1. The summed E-state index contributed by atoms with van der Waals surface area (Å²) in [6.07, 6.45) is 1.96. The van der Waals surface area contributed by atoms with Gasteiger partial charge in [0.1, 0.15) is 6.54 Å². The largest absolute Gasteiger partial charge is 0.480 e. The monoisotopic (exact) mass is 292 g/mol. The number of aliphatic carboxylic acids is 1. The van der Waals surface area contributed by atoms with Crippen LogP contribution in [0.3, 0.4) is 0 Å². The maximum Gasteiger partial charge on any atom is 0.322 e. The molecule has 0 spiro atoms. The van der Waals surface area contributed by atoms with Gasteiger partial charge < -0.3 is 21.3 Å². The summed E-state index contributed by atoms with van der Waals surface area (Å²) >= 11 is 1.56. The zero-order valence-corrected chi connectivity index (χ0v) is 12.3. The molecule has 0 aromatic rings. The highest BCUT2D eigenvalue weighted by molar-refractivity contribution is 8.00. The van der Waals surface area contributed by atoms with Crippen molar-refractivity contribution in [3.8, 4) is 0 Å². The Morgan fingerprint density at radius 1 is 1.42 bits per heavy atom. The van der Waals surface area contributed by atoms with Crippen molar-refractivity contribution >= 4 is 23.6 Å². The molecule has 6 nitrogen and oxygen atoms in total. The first-order valence-electron chi connectivity index (χ1n) is 6.39. The lowest BCUT2D eigenvalue weighted by Gasteiger charge is -2.22. The van der Waals surface area contributed by atoms with E-state index in [4.69, 9.17) is 15.9 Å². The highest BCUT2D eigenvalue weighted by Gasteiger charge is 2.20. The Morgan fingerprint density at radius 3 is 2.53 bits per heavy atom. The van der Waals surface area contributed by atoms with Crippen LogP contribution in [0, 0.1) is 5.92 Å². The second-order valence-electron chi connectivity index (χ2n) is 4.54. The lowest BCUT2D eigenvalue weighted by Crippen LogP contribution is -2.44. The van der Waals surface area contributed by atoms with Gasteiger partial charge in [-0.2, -0.15) is 11.8 Å². The van der Waals surface area contributed by atoms with E-state index in [1.165, 1.54) is 0 Å². The Kier molecular flexibility index (Phi) is 9.63. The van der Waals surface area contributed by atoms with Crippen LogP contribution in [0.1, 0.15) is 26.7 Å². The fourth-order valence-corrected chi connectivity index (χ4v) is 2.95. The highest BCUT2D eigenvalue weighted by atomic mass is 32.2. The van der Waals surface area contributed by atoms with Crippen molar-refractivity contribution in [2.75, 3.05) is 18.9 Å². The van der Waals surface area contributed by atoms with Crippen LogP contribution in [-0.4, -0.2) is 52.3 Å². The second-order valence-corrected chi connectivity index (χ2v) is 5.81. The van der Waals surface area contributed by atoms with Crippen molar-refractivity contribution in [2.45, 2.75) is 38.0 Å². The predicted octanol–water partition coefficient (Wildman–Crippen LogP) is 0.0448. The number of aliphatic hydroxyl groups excluding tert-OH is 1. The normalized spacial score (nSPS) is 15.6. The number of carbonyl (C=O) groups is 2. The number of hydrogen-bond acceptors (Lipinski definition) is 5. The van der Waals surface area contributed by atoms with Gasteiger partial charge in [0.15, 0.2) is 0 Å². The Labute approximate surface area is 118 Å². The molecule has 0 saturated carbocycles. The summed E-state index contributed by atoms with van der Waals surface area (Å²) < 4.78 is 0. The number of thioether (sulfide) groups is 1. The van der Waals surface area contributed by atoms with Gasteiger partial charge in [-0.1, -0.05) is 20.3 Å². The van der Waals surface area contributed by atoms with Gasteiger partial charge in [0, 0.05) is 17.6 Å². The fourth-order valence-electron chi connectivity index (χ4n) is 1.53. The van der Waals surface area contributed by atoms with Crippen LogP contribution >= 0.6 is 11.8 Å². The third kappa shape index (κ3) is 8.07. The molecule has 0 aliphatic carbocycles. The molecular weight excluding hydrogens is 268 g/mol. The van der Waals surface area contributed by atoms with Gasteiger partial charge in [-0.15, -0.1) is 0 Å². The maximum absolute atomic E-state index is 11.5. The first-order chi connectivity index (χ1) is 8.92. The van der Waals surface area contributed by atoms with Crippen LogP contribution in [0.15, 0.2) is 0 Å². The number of nitrogens with one attached hydrogen (secondary N) is 1. The molecule has 0 radical (unpaired) electrons. The SMILES string of the molecule is CCCC(SCC(N)C(=O)NCC(=O)O)C(C)CO. The first-order valence-corrected chi connectivity index (χ1v) is 7.44. The van der Waals surface area contributed by atoms with Gasteiger partial charge in [-0.3, -0.25) is 9.59 Å². The zero-order valence-electron chi connectivity index (χ0n) is 11.5. The van der Waals surface area contributed by atoms with E-state index in [0.717, 1.165) is 12.8 Å². The summed E-state index contributed by atoms with van der Waals surface area (Å²) in [7, 11) is 0. The van der Waals surface area contributed by atoms with Gasteiger partial charge in [0.2, 0.25) is 5.91 Å². The molecular formula is C12H24N2O4S. The molecule has 5 N–H and O–H groups in total. The molecule has 0 rings (SSSR count). The Balaban J connectivity index is 4.12. The summed E-state index contributed by atoms with van der Waals surface area (Å²) in [5.41, 5.74) is 5.70. The number of amides is 1. The van der Waals surface area contributed by atoms with Crippen LogP contribution in [-0.2, 0) is 9.59 Å². The molecule has 1 amide bonds. The van der Waals surface area contributed by atoms with Crippen molar-refractivity contribution in [3.63, 3.8) is 0 Å². The molecule has 0 aromatic heterocycles. The minimum Gasteiger partial charge on any atom is -0.480 e. The molecule has 0 saturated heterocycles. The molecule has 0 fully saturated rings. The summed E-state index contributed by atoms with van der Waals surface area (Å²) in [6, 6.07) is -0.727. The Bertz CT molecular complexity index is 289. The molecule has 0 heterocycles. The fraction of sp³-hybridized carbons (Fsp3) is 0.833. The lowest BCUT2D eigenvalue weighted by molar-refractivity contribution is -0.138. The summed E-state index contributed by atoms with van der Waals surface area (Å²) in [6.45, 7) is 3.72. The summed E-state index contributed by atoms with van der Waals surface area (Å²) in [4.78, 5) is 21.8. The highest BCUT2D eigenvalue weighted by Crippen LogP contribution is 2.24. The number of aliphatic hydroxyl groups is 1. The maximum atomic E-state index is 11.5. The molecule has 112 valence electrons. The van der Waals surface area contributed by atoms with Crippen LogP contribution in [0.25, 0.3) is 0 Å². The minimum absolute atomic E-state index is 0.109.